The predicted octanol–water partition coefficient (Wildman–Crippen LogP) is -0.0428. The van der Waals surface area contributed by atoms with Crippen molar-refractivity contribution in [3.63, 3.8) is 0 Å². The Balaban J connectivity index is 2.13. The van der Waals surface area contributed by atoms with E-state index in [0.29, 0.717) is 0 Å². The molecule has 0 aliphatic heterocycles. The minimum absolute atomic E-state index is 0.0349. The highest BCUT2D eigenvalue weighted by molar-refractivity contribution is 5.78. The number of aromatic nitrogens is 2. The molecule has 2 rings (SSSR count). The predicted molar refractivity (Wildman–Crippen MR) is 85.3 cm³/mol. The maximum absolute atomic E-state index is 12.2. The van der Waals surface area contributed by atoms with Crippen LogP contribution in [-0.4, -0.2) is 28.5 Å². The lowest BCUT2D eigenvalue weighted by atomic mass is 10.0. The summed E-state index contributed by atoms with van der Waals surface area (Å²) < 4.78 is 5.72. The van der Waals surface area contributed by atoms with Gasteiger partial charge >= 0.3 is 11.7 Å². The van der Waals surface area contributed by atoms with E-state index in [-0.39, 0.29) is 13.0 Å². The van der Waals surface area contributed by atoms with E-state index in [4.69, 9.17) is 0 Å². The lowest BCUT2D eigenvalue weighted by molar-refractivity contribution is -0.141. The molecule has 0 saturated carbocycles. The first kappa shape index (κ1) is 17.2. The third-order valence-corrected chi connectivity index (χ3v) is 3.35. The smallest absolute Gasteiger partial charge is 0.328 e. The van der Waals surface area contributed by atoms with Crippen LogP contribution in [0, 0.1) is 0 Å². The van der Waals surface area contributed by atoms with Crippen LogP contribution in [0.4, 0.5) is 0 Å². The molecule has 1 amide bonds. The molecule has 8 nitrogen and oxygen atoms in total. The zero-order valence-corrected chi connectivity index (χ0v) is 13.0. The molecule has 0 aliphatic rings. The van der Waals surface area contributed by atoms with Crippen LogP contribution in [0.5, 0.6) is 0 Å². The number of hydrogen-bond donors (Lipinski definition) is 2. The van der Waals surface area contributed by atoms with Gasteiger partial charge in [-0.2, -0.15) is 0 Å². The fourth-order valence-corrected chi connectivity index (χ4v) is 2.15. The fourth-order valence-electron chi connectivity index (χ4n) is 2.15. The summed E-state index contributed by atoms with van der Waals surface area (Å²) in [4.78, 5) is 48.4. The standard InChI is InChI=1S/C16H17N3O5/c1-24-15(22)9-12(11-5-3-2-4-6-11)17-14(21)10-19-8-7-13(20)18-16(19)23/h2-8,12H,9-10H2,1H3,(H,17,21)(H,18,20,23). The SMILES string of the molecule is COC(=O)CC(NC(=O)Cn1ccc(=O)[nH]c1=O)c1ccccc1. The Kier molecular flexibility index (Phi) is 5.67. The maximum Gasteiger partial charge on any atom is 0.328 e. The van der Waals surface area contributed by atoms with Crippen molar-refractivity contribution in [1.82, 2.24) is 14.9 Å². The van der Waals surface area contributed by atoms with Crippen molar-refractivity contribution in [3.05, 3.63) is 69.0 Å². The lowest BCUT2D eigenvalue weighted by Crippen LogP contribution is -2.37. The van der Waals surface area contributed by atoms with Crippen molar-refractivity contribution in [2.24, 2.45) is 0 Å². The summed E-state index contributed by atoms with van der Waals surface area (Å²) in [6.07, 6.45) is 1.20. The topological polar surface area (TPSA) is 110 Å². The Labute approximate surface area is 137 Å². The van der Waals surface area contributed by atoms with Gasteiger partial charge in [0.2, 0.25) is 5.91 Å². The molecule has 0 radical (unpaired) electrons. The first-order valence-corrected chi connectivity index (χ1v) is 7.20. The van der Waals surface area contributed by atoms with Gasteiger partial charge in [-0.25, -0.2) is 4.79 Å². The van der Waals surface area contributed by atoms with Crippen molar-refractivity contribution >= 4 is 11.9 Å². The number of H-pyrrole nitrogens is 1. The Morgan fingerprint density at radius 3 is 2.54 bits per heavy atom. The molecule has 2 aromatic rings. The van der Waals surface area contributed by atoms with Crippen LogP contribution in [0.1, 0.15) is 18.0 Å². The number of carbonyl (C=O) groups excluding carboxylic acids is 2. The van der Waals surface area contributed by atoms with Crippen LogP contribution in [0.25, 0.3) is 0 Å². The minimum Gasteiger partial charge on any atom is -0.469 e. The van der Waals surface area contributed by atoms with Gasteiger partial charge in [0.25, 0.3) is 5.56 Å². The minimum atomic E-state index is -0.679. The van der Waals surface area contributed by atoms with Gasteiger partial charge in [-0.3, -0.25) is 23.9 Å². The molecular weight excluding hydrogens is 314 g/mol. The molecular formula is C16H17N3O5. The largest absolute Gasteiger partial charge is 0.469 e. The molecule has 2 N–H and O–H groups in total. The third-order valence-electron chi connectivity index (χ3n) is 3.35. The molecule has 0 fully saturated rings. The number of amides is 1. The van der Waals surface area contributed by atoms with E-state index in [9.17, 15) is 19.2 Å². The number of nitrogens with one attached hydrogen (secondary N) is 2. The van der Waals surface area contributed by atoms with Crippen LogP contribution >= 0.6 is 0 Å². The van der Waals surface area contributed by atoms with E-state index in [2.05, 4.69) is 15.0 Å². The molecule has 126 valence electrons. The van der Waals surface area contributed by atoms with Crippen molar-refractivity contribution in [3.8, 4) is 0 Å². The molecule has 1 aromatic carbocycles. The Morgan fingerprint density at radius 1 is 1.21 bits per heavy atom. The van der Waals surface area contributed by atoms with E-state index >= 15 is 0 Å². The van der Waals surface area contributed by atoms with Crippen molar-refractivity contribution in [1.29, 1.82) is 0 Å². The van der Waals surface area contributed by atoms with Gasteiger partial charge < -0.3 is 10.1 Å². The molecule has 0 bridgehead atoms. The first-order valence-electron chi connectivity index (χ1n) is 7.20. The summed E-state index contributed by atoms with van der Waals surface area (Å²) >= 11 is 0. The molecule has 1 atom stereocenters. The highest BCUT2D eigenvalue weighted by Crippen LogP contribution is 2.17. The number of nitrogens with zero attached hydrogens (tertiary/aromatic N) is 1. The van der Waals surface area contributed by atoms with Gasteiger partial charge in [0.1, 0.15) is 6.54 Å². The lowest BCUT2D eigenvalue weighted by Gasteiger charge is -2.18. The zero-order valence-electron chi connectivity index (χ0n) is 13.0. The summed E-state index contributed by atoms with van der Waals surface area (Å²) in [7, 11) is 1.27. The normalized spacial score (nSPS) is 11.5. The second-order valence-corrected chi connectivity index (χ2v) is 5.05. The number of aromatic amines is 1. The average Bonchev–Trinajstić information content (AvgIpc) is 2.57. The summed E-state index contributed by atoms with van der Waals surface area (Å²) in [5, 5.41) is 2.70. The van der Waals surface area contributed by atoms with Crippen molar-refractivity contribution < 1.29 is 14.3 Å². The monoisotopic (exact) mass is 331 g/mol. The summed E-state index contributed by atoms with van der Waals surface area (Å²) in [5.74, 6) is -0.938. The van der Waals surface area contributed by atoms with Gasteiger partial charge in [-0.05, 0) is 5.56 Å². The number of rotatable bonds is 6. The third kappa shape index (κ3) is 4.67. The summed E-state index contributed by atoms with van der Waals surface area (Å²) in [5.41, 5.74) is -0.476. The quantitative estimate of drug-likeness (QED) is 0.722. The summed E-state index contributed by atoms with van der Waals surface area (Å²) in [6.45, 7) is -0.278. The zero-order chi connectivity index (χ0) is 17.5. The molecule has 0 spiro atoms. The Morgan fingerprint density at radius 2 is 1.92 bits per heavy atom. The first-order chi connectivity index (χ1) is 11.5. The summed E-state index contributed by atoms with van der Waals surface area (Å²) in [6, 6.07) is 9.53. The number of carbonyl (C=O) groups is 2. The van der Waals surface area contributed by atoms with E-state index < -0.39 is 29.2 Å². The molecule has 0 aliphatic carbocycles. The second-order valence-electron chi connectivity index (χ2n) is 5.05. The van der Waals surface area contributed by atoms with Crippen molar-refractivity contribution in [2.45, 2.75) is 19.0 Å². The Hall–Kier alpha value is -3.16. The van der Waals surface area contributed by atoms with Crippen LogP contribution in [-0.2, 0) is 20.9 Å². The van der Waals surface area contributed by atoms with Crippen LogP contribution in [0.2, 0.25) is 0 Å². The van der Waals surface area contributed by atoms with E-state index in [1.165, 1.54) is 13.3 Å². The van der Waals surface area contributed by atoms with E-state index in [1.54, 1.807) is 24.3 Å². The number of methoxy groups -OCH3 is 1. The molecule has 0 saturated heterocycles. The molecule has 1 aromatic heterocycles. The van der Waals surface area contributed by atoms with Crippen LogP contribution in [0.3, 0.4) is 0 Å². The number of benzene rings is 1. The Bertz CT molecular complexity index is 825. The van der Waals surface area contributed by atoms with Gasteiger partial charge in [0.05, 0.1) is 19.6 Å². The maximum atomic E-state index is 12.2. The van der Waals surface area contributed by atoms with Crippen molar-refractivity contribution in [2.75, 3.05) is 7.11 Å². The van der Waals surface area contributed by atoms with Gasteiger partial charge in [0.15, 0.2) is 0 Å². The number of esters is 1. The second kappa shape index (κ2) is 7.91. The van der Waals surface area contributed by atoms with Gasteiger partial charge in [0, 0.05) is 12.3 Å². The number of hydrogen-bond acceptors (Lipinski definition) is 5. The molecule has 8 heteroatoms. The van der Waals surface area contributed by atoms with Gasteiger partial charge in [-0.15, -0.1) is 0 Å². The molecule has 1 unspecified atom stereocenters. The number of ether oxygens (including phenoxy) is 1. The van der Waals surface area contributed by atoms with Gasteiger partial charge in [-0.1, -0.05) is 30.3 Å². The van der Waals surface area contributed by atoms with Crippen LogP contribution < -0.4 is 16.6 Å². The highest BCUT2D eigenvalue weighted by atomic mass is 16.5. The molecule has 1 heterocycles. The van der Waals surface area contributed by atoms with E-state index in [1.807, 2.05) is 6.07 Å². The average molecular weight is 331 g/mol. The fraction of sp³-hybridized carbons (Fsp3) is 0.250. The molecule has 24 heavy (non-hydrogen) atoms. The van der Waals surface area contributed by atoms with E-state index in [0.717, 1.165) is 16.2 Å². The highest BCUT2D eigenvalue weighted by Gasteiger charge is 2.19. The van der Waals surface area contributed by atoms with Crippen LogP contribution in [0.15, 0.2) is 52.2 Å².